The van der Waals surface area contributed by atoms with Crippen molar-refractivity contribution in [3.8, 4) is 0 Å². The molecule has 1 unspecified atom stereocenters. The standard InChI is InChI=1S/C16H15NO2/c18-12-19-16(13-6-2-1-3-7-13)17-10-14-8-4-5-9-15(14)11-17/h1-9,12,16H,10-11H2. The SMILES string of the molecule is O=COC(c1ccccc1)N1Cc2ccccc2C1. The maximum absolute atomic E-state index is 10.8. The highest BCUT2D eigenvalue weighted by molar-refractivity contribution is 5.39. The first kappa shape index (κ1) is 11.9. The Hall–Kier alpha value is -2.13. The van der Waals surface area contributed by atoms with E-state index in [2.05, 4.69) is 17.0 Å². The van der Waals surface area contributed by atoms with Gasteiger partial charge in [0.25, 0.3) is 6.47 Å². The molecule has 3 rings (SSSR count). The van der Waals surface area contributed by atoms with Gasteiger partial charge in [-0.2, -0.15) is 0 Å². The molecule has 1 atom stereocenters. The third-order valence-corrected chi connectivity index (χ3v) is 3.47. The van der Waals surface area contributed by atoms with E-state index in [4.69, 9.17) is 4.74 Å². The third-order valence-electron chi connectivity index (χ3n) is 3.47. The lowest BCUT2D eigenvalue weighted by molar-refractivity contribution is -0.145. The van der Waals surface area contributed by atoms with Gasteiger partial charge in [-0.3, -0.25) is 9.69 Å². The average Bonchev–Trinajstić information content (AvgIpc) is 2.89. The van der Waals surface area contributed by atoms with E-state index in [0.29, 0.717) is 6.47 Å². The van der Waals surface area contributed by atoms with E-state index in [9.17, 15) is 4.79 Å². The van der Waals surface area contributed by atoms with Crippen molar-refractivity contribution < 1.29 is 9.53 Å². The van der Waals surface area contributed by atoms with Crippen molar-refractivity contribution >= 4 is 6.47 Å². The van der Waals surface area contributed by atoms with Gasteiger partial charge in [0.2, 0.25) is 0 Å². The van der Waals surface area contributed by atoms with Gasteiger partial charge in [0.15, 0.2) is 6.23 Å². The van der Waals surface area contributed by atoms with E-state index >= 15 is 0 Å². The molecule has 2 aromatic rings. The fourth-order valence-corrected chi connectivity index (χ4v) is 2.57. The van der Waals surface area contributed by atoms with Gasteiger partial charge in [0.1, 0.15) is 0 Å². The lowest BCUT2D eigenvalue weighted by atomic mass is 10.1. The van der Waals surface area contributed by atoms with Crippen molar-refractivity contribution in [2.24, 2.45) is 0 Å². The predicted octanol–water partition coefficient (Wildman–Crippen LogP) is 2.87. The van der Waals surface area contributed by atoms with E-state index < -0.39 is 0 Å². The highest BCUT2D eigenvalue weighted by atomic mass is 16.5. The summed E-state index contributed by atoms with van der Waals surface area (Å²) in [6.45, 7) is 2.15. The molecular formula is C16H15NO2. The summed E-state index contributed by atoms with van der Waals surface area (Å²) in [5.74, 6) is 0. The minimum absolute atomic E-state index is 0.314. The third kappa shape index (κ3) is 2.37. The fraction of sp³-hybridized carbons (Fsp3) is 0.188. The first-order chi connectivity index (χ1) is 9.38. The molecule has 0 fully saturated rings. The van der Waals surface area contributed by atoms with E-state index in [1.165, 1.54) is 11.1 Å². The second-order valence-electron chi connectivity index (χ2n) is 4.67. The molecule has 0 saturated carbocycles. The molecule has 1 aliphatic rings. The van der Waals surface area contributed by atoms with Crippen molar-refractivity contribution in [2.75, 3.05) is 0 Å². The van der Waals surface area contributed by atoms with Gasteiger partial charge in [0, 0.05) is 18.7 Å². The highest BCUT2D eigenvalue weighted by Crippen LogP contribution is 2.31. The average molecular weight is 253 g/mol. The predicted molar refractivity (Wildman–Crippen MR) is 72.0 cm³/mol. The van der Waals surface area contributed by atoms with Crippen LogP contribution in [0.25, 0.3) is 0 Å². The molecule has 19 heavy (non-hydrogen) atoms. The second kappa shape index (κ2) is 5.24. The Bertz CT molecular complexity index is 543. The summed E-state index contributed by atoms with van der Waals surface area (Å²) in [7, 11) is 0. The zero-order valence-electron chi connectivity index (χ0n) is 10.5. The number of benzene rings is 2. The van der Waals surface area contributed by atoms with E-state index in [1.54, 1.807) is 0 Å². The Kier molecular flexibility index (Phi) is 3.29. The number of hydrogen-bond donors (Lipinski definition) is 0. The smallest absolute Gasteiger partial charge is 0.294 e. The summed E-state index contributed by atoms with van der Waals surface area (Å²) in [6, 6.07) is 18.2. The van der Waals surface area contributed by atoms with E-state index in [1.807, 2.05) is 42.5 Å². The van der Waals surface area contributed by atoms with Crippen molar-refractivity contribution in [3.05, 3.63) is 71.3 Å². The van der Waals surface area contributed by atoms with E-state index in [0.717, 1.165) is 18.7 Å². The second-order valence-corrected chi connectivity index (χ2v) is 4.67. The zero-order chi connectivity index (χ0) is 13.1. The lowest BCUT2D eigenvalue weighted by Gasteiger charge is -2.25. The van der Waals surface area contributed by atoms with Crippen LogP contribution in [0.15, 0.2) is 54.6 Å². The highest BCUT2D eigenvalue weighted by Gasteiger charge is 2.27. The maximum atomic E-state index is 10.8. The van der Waals surface area contributed by atoms with Crippen LogP contribution in [0.2, 0.25) is 0 Å². The summed E-state index contributed by atoms with van der Waals surface area (Å²) >= 11 is 0. The quantitative estimate of drug-likeness (QED) is 0.785. The number of hydrogen-bond acceptors (Lipinski definition) is 3. The molecule has 0 aromatic heterocycles. The molecule has 0 saturated heterocycles. The van der Waals surface area contributed by atoms with Gasteiger partial charge >= 0.3 is 0 Å². The summed E-state index contributed by atoms with van der Waals surface area (Å²) in [5, 5.41) is 0. The van der Waals surface area contributed by atoms with Crippen molar-refractivity contribution in [2.45, 2.75) is 19.3 Å². The number of carbonyl (C=O) groups is 1. The van der Waals surface area contributed by atoms with Crippen LogP contribution in [0.3, 0.4) is 0 Å². The lowest BCUT2D eigenvalue weighted by Crippen LogP contribution is -2.25. The van der Waals surface area contributed by atoms with Crippen molar-refractivity contribution in [3.63, 3.8) is 0 Å². The Morgan fingerprint density at radius 3 is 2.11 bits per heavy atom. The first-order valence-electron chi connectivity index (χ1n) is 6.33. The summed E-state index contributed by atoms with van der Waals surface area (Å²) in [5.41, 5.74) is 3.61. The van der Waals surface area contributed by atoms with Gasteiger partial charge < -0.3 is 4.74 Å². The van der Waals surface area contributed by atoms with Crippen LogP contribution in [0.1, 0.15) is 22.9 Å². The summed E-state index contributed by atoms with van der Waals surface area (Å²) in [6.07, 6.45) is -0.314. The van der Waals surface area contributed by atoms with Crippen LogP contribution in [0.4, 0.5) is 0 Å². The number of nitrogens with zero attached hydrogens (tertiary/aromatic N) is 1. The van der Waals surface area contributed by atoms with Crippen molar-refractivity contribution in [1.29, 1.82) is 0 Å². The minimum atomic E-state index is -0.314. The summed E-state index contributed by atoms with van der Waals surface area (Å²) in [4.78, 5) is 12.9. The molecule has 2 aromatic carbocycles. The fourth-order valence-electron chi connectivity index (χ4n) is 2.57. The van der Waals surface area contributed by atoms with Crippen LogP contribution in [0.5, 0.6) is 0 Å². The molecular weight excluding hydrogens is 238 g/mol. The van der Waals surface area contributed by atoms with Crippen LogP contribution in [-0.2, 0) is 22.6 Å². The Morgan fingerprint density at radius 1 is 0.947 bits per heavy atom. The van der Waals surface area contributed by atoms with Gasteiger partial charge in [0.05, 0.1) is 0 Å². The van der Waals surface area contributed by atoms with Crippen LogP contribution in [-0.4, -0.2) is 11.4 Å². The molecule has 1 aliphatic heterocycles. The van der Waals surface area contributed by atoms with Crippen molar-refractivity contribution in [1.82, 2.24) is 4.90 Å². The van der Waals surface area contributed by atoms with Gasteiger partial charge in [-0.25, -0.2) is 0 Å². The summed E-state index contributed by atoms with van der Waals surface area (Å²) < 4.78 is 5.29. The zero-order valence-corrected chi connectivity index (χ0v) is 10.5. The molecule has 0 bridgehead atoms. The Morgan fingerprint density at radius 2 is 1.53 bits per heavy atom. The van der Waals surface area contributed by atoms with Crippen LogP contribution < -0.4 is 0 Å². The molecule has 3 nitrogen and oxygen atoms in total. The van der Waals surface area contributed by atoms with Crippen LogP contribution in [0, 0.1) is 0 Å². The molecule has 0 aliphatic carbocycles. The molecule has 1 heterocycles. The van der Waals surface area contributed by atoms with Gasteiger partial charge in [-0.05, 0) is 11.1 Å². The molecule has 0 N–H and O–H groups in total. The normalized spacial score (nSPS) is 15.8. The molecule has 0 spiro atoms. The Balaban J connectivity index is 1.86. The molecule has 96 valence electrons. The maximum Gasteiger partial charge on any atom is 0.294 e. The molecule has 0 radical (unpaired) electrons. The first-order valence-corrected chi connectivity index (χ1v) is 6.33. The minimum Gasteiger partial charge on any atom is -0.444 e. The molecule has 0 amide bonds. The Labute approximate surface area is 112 Å². The largest absolute Gasteiger partial charge is 0.444 e. The topological polar surface area (TPSA) is 29.5 Å². The number of fused-ring (bicyclic) bond motifs is 1. The number of rotatable bonds is 4. The molecule has 3 heteroatoms. The van der Waals surface area contributed by atoms with Gasteiger partial charge in [-0.1, -0.05) is 54.6 Å². The van der Waals surface area contributed by atoms with E-state index in [-0.39, 0.29) is 6.23 Å². The van der Waals surface area contributed by atoms with Gasteiger partial charge in [-0.15, -0.1) is 0 Å². The number of ether oxygens (including phenoxy) is 1. The number of carbonyl (C=O) groups excluding carboxylic acids is 1. The monoisotopic (exact) mass is 253 g/mol. The van der Waals surface area contributed by atoms with Crippen LogP contribution >= 0.6 is 0 Å².